The summed E-state index contributed by atoms with van der Waals surface area (Å²) >= 11 is 0. The third-order valence-corrected chi connectivity index (χ3v) is 4.19. The molecule has 0 aliphatic carbocycles. The number of carbonyl (C=O) groups excluding carboxylic acids is 1. The van der Waals surface area contributed by atoms with Gasteiger partial charge >= 0.3 is 0 Å². The number of rotatable bonds is 8. The van der Waals surface area contributed by atoms with Crippen LogP contribution in [-0.2, 0) is 0 Å². The molecule has 2 atom stereocenters. The summed E-state index contributed by atoms with van der Waals surface area (Å²) in [6, 6.07) is 5.39. The third-order valence-electron chi connectivity index (χ3n) is 4.19. The fourth-order valence-electron chi connectivity index (χ4n) is 2.73. The van der Waals surface area contributed by atoms with Crippen LogP contribution < -0.4 is 10.1 Å². The monoisotopic (exact) mass is 314 g/mol. The summed E-state index contributed by atoms with van der Waals surface area (Å²) < 4.78 is 5.89. The Hall–Kier alpha value is -2.07. The van der Waals surface area contributed by atoms with Crippen molar-refractivity contribution in [1.29, 1.82) is 0 Å². The van der Waals surface area contributed by atoms with E-state index in [0.717, 1.165) is 24.4 Å². The number of hydrogen-bond donors (Lipinski definition) is 1. The number of fused-ring (bicyclic) bond motifs is 1. The molecule has 1 aromatic carbocycles. The number of nitrogens with zero attached hydrogens (tertiary/aromatic N) is 1. The van der Waals surface area contributed by atoms with Gasteiger partial charge in [0.1, 0.15) is 11.9 Å². The van der Waals surface area contributed by atoms with Gasteiger partial charge in [0.2, 0.25) is 0 Å². The normalized spacial score (nSPS) is 17.6. The zero-order valence-corrected chi connectivity index (χ0v) is 14.0. The average molecular weight is 314 g/mol. The van der Waals surface area contributed by atoms with Crippen molar-refractivity contribution in [3.63, 3.8) is 0 Å². The summed E-state index contributed by atoms with van der Waals surface area (Å²) in [7, 11) is 0. The number of Topliss-reactive ketones (excluding diaryl/α,β-unsaturated/α-hetero) is 1. The van der Waals surface area contributed by atoms with Gasteiger partial charge in [-0.1, -0.05) is 19.1 Å². The smallest absolute Gasteiger partial charge is 0.179 e. The average Bonchev–Trinajstić information content (AvgIpc) is 2.59. The van der Waals surface area contributed by atoms with E-state index in [-0.39, 0.29) is 17.9 Å². The van der Waals surface area contributed by atoms with Crippen LogP contribution in [0.2, 0.25) is 0 Å². The quantitative estimate of drug-likeness (QED) is 0.589. The molecule has 0 fully saturated rings. The molecule has 0 amide bonds. The van der Waals surface area contributed by atoms with Crippen molar-refractivity contribution in [1.82, 2.24) is 4.90 Å². The Kier molecular flexibility index (Phi) is 5.99. The van der Waals surface area contributed by atoms with Crippen LogP contribution in [0.3, 0.4) is 0 Å². The van der Waals surface area contributed by atoms with E-state index in [0.29, 0.717) is 18.7 Å². The number of ketones is 1. The molecule has 2 unspecified atom stereocenters. The molecule has 4 nitrogen and oxygen atoms in total. The zero-order valence-electron chi connectivity index (χ0n) is 14.0. The second-order valence-corrected chi connectivity index (χ2v) is 5.81. The molecule has 0 aromatic heterocycles. The van der Waals surface area contributed by atoms with Crippen LogP contribution in [-0.4, -0.2) is 42.5 Å². The summed E-state index contributed by atoms with van der Waals surface area (Å²) in [6.07, 6.45) is 4.77. The number of carbonyl (C=O) groups is 1. The van der Waals surface area contributed by atoms with Gasteiger partial charge in [0.15, 0.2) is 5.78 Å². The molecule has 1 heterocycles. The molecule has 2 rings (SSSR count). The summed E-state index contributed by atoms with van der Waals surface area (Å²) in [5.74, 6) is 0.914. The van der Waals surface area contributed by atoms with Crippen molar-refractivity contribution in [2.45, 2.75) is 32.4 Å². The minimum absolute atomic E-state index is 0.0934. The standard InChI is InChI=1S/C19H26N2O2/c1-5-10-21(11-6-2)14(4)19(22)15-8-9-18-17(12-15)20-13-16(7-3)23-18/h5-6,8-9,12,14,16,20H,1-2,7,10-11,13H2,3-4H3. The van der Waals surface area contributed by atoms with E-state index in [9.17, 15) is 4.79 Å². The Balaban J connectivity index is 2.16. The van der Waals surface area contributed by atoms with Crippen molar-refractivity contribution < 1.29 is 9.53 Å². The highest BCUT2D eigenvalue weighted by atomic mass is 16.5. The van der Waals surface area contributed by atoms with Gasteiger partial charge in [-0.15, -0.1) is 13.2 Å². The molecule has 0 radical (unpaired) electrons. The van der Waals surface area contributed by atoms with Crippen LogP contribution in [0, 0.1) is 0 Å². The van der Waals surface area contributed by atoms with Crippen LogP contribution in [0.5, 0.6) is 5.75 Å². The van der Waals surface area contributed by atoms with E-state index in [2.05, 4.69) is 25.4 Å². The molecular weight excluding hydrogens is 288 g/mol. The van der Waals surface area contributed by atoms with Gasteiger partial charge in [-0.05, 0) is 31.5 Å². The molecule has 0 saturated heterocycles. The molecule has 0 bridgehead atoms. The first-order valence-corrected chi connectivity index (χ1v) is 8.15. The number of ether oxygens (including phenoxy) is 1. The van der Waals surface area contributed by atoms with E-state index in [1.54, 1.807) is 12.2 Å². The topological polar surface area (TPSA) is 41.6 Å². The predicted octanol–water partition coefficient (Wildman–Crippen LogP) is 3.51. The molecule has 124 valence electrons. The number of nitrogens with one attached hydrogen (secondary N) is 1. The van der Waals surface area contributed by atoms with E-state index in [1.807, 2.05) is 30.0 Å². The Bertz CT molecular complexity index is 573. The summed E-state index contributed by atoms with van der Waals surface area (Å²) in [4.78, 5) is 14.8. The Labute approximate surface area is 138 Å². The first-order chi connectivity index (χ1) is 11.1. The van der Waals surface area contributed by atoms with Crippen molar-refractivity contribution in [3.8, 4) is 5.75 Å². The molecule has 0 spiro atoms. The Morgan fingerprint density at radius 2 is 2.13 bits per heavy atom. The number of hydrogen-bond acceptors (Lipinski definition) is 4. The van der Waals surface area contributed by atoms with Gasteiger partial charge in [-0.3, -0.25) is 9.69 Å². The molecule has 0 saturated carbocycles. The molecular formula is C19H26N2O2. The third kappa shape index (κ3) is 4.02. The van der Waals surface area contributed by atoms with Gasteiger partial charge in [0, 0.05) is 18.7 Å². The highest BCUT2D eigenvalue weighted by Crippen LogP contribution is 2.31. The second kappa shape index (κ2) is 7.97. The first-order valence-electron chi connectivity index (χ1n) is 8.15. The van der Waals surface area contributed by atoms with E-state index < -0.39 is 0 Å². The lowest BCUT2D eigenvalue weighted by atomic mass is 10.0. The predicted molar refractivity (Wildman–Crippen MR) is 95.4 cm³/mol. The van der Waals surface area contributed by atoms with Gasteiger partial charge in [0.25, 0.3) is 0 Å². The number of benzene rings is 1. The van der Waals surface area contributed by atoms with Gasteiger partial charge in [-0.2, -0.15) is 0 Å². The molecule has 23 heavy (non-hydrogen) atoms. The molecule has 1 aliphatic heterocycles. The summed E-state index contributed by atoms with van der Waals surface area (Å²) in [5, 5.41) is 3.35. The molecule has 4 heteroatoms. The summed E-state index contributed by atoms with van der Waals surface area (Å²) in [6.45, 7) is 13.6. The largest absolute Gasteiger partial charge is 0.486 e. The zero-order chi connectivity index (χ0) is 16.8. The lowest BCUT2D eigenvalue weighted by Crippen LogP contribution is -2.39. The lowest BCUT2D eigenvalue weighted by Gasteiger charge is -2.28. The lowest BCUT2D eigenvalue weighted by molar-refractivity contribution is 0.0865. The maximum atomic E-state index is 12.8. The molecule has 1 N–H and O–H groups in total. The van der Waals surface area contributed by atoms with Crippen molar-refractivity contribution in [3.05, 3.63) is 49.1 Å². The SMILES string of the molecule is C=CCN(CC=C)C(C)C(=O)c1ccc2c(c1)NCC(CC)O2. The van der Waals surface area contributed by atoms with Crippen LogP contribution in [0.1, 0.15) is 30.6 Å². The van der Waals surface area contributed by atoms with Crippen molar-refractivity contribution in [2.24, 2.45) is 0 Å². The van der Waals surface area contributed by atoms with Crippen molar-refractivity contribution >= 4 is 11.5 Å². The number of anilines is 1. The van der Waals surface area contributed by atoms with Crippen LogP contribution in [0.4, 0.5) is 5.69 Å². The van der Waals surface area contributed by atoms with Crippen molar-refractivity contribution in [2.75, 3.05) is 25.0 Å². The second-order valence-electron chi connectivity index (χ2n) is 5.81. The van der Waals surface area contributed by atoms with E-state index in [4.69, 9.17) is 4.74 Å². The van der Waals surface area contributed by atoms with Crippen LogP contribution in [0.25, 0.3) is 0 Å². The fourth-order valence-corrected chi connectivity index (χ4v) is 2.73. The Morgan fingerprint density at radius 1 is 1.43 bits per heavy atom. The fraction of sp³-hybridized carbons (Fsp3) is 0.421. The van der Waals surface area contributed by atoms with Gasteiger partial charge in [0.05, 0.1) is 18.3 Å². The first kappa shape index (κ1) is 17.3. The minimum atomic E-state index is -0.225. The van der Waals surface area contributed by atoms with E-state index in [1.165, 1.54) is 0 Å². The minimum Gasteiger partial charge on any atom is -0.486 e. The van der Waals surface area contributed by atoms with Gasteiger partial charge < -0.3 is 10.1 Å². The van der Waals surface area contributed by atoms with E-state index >= 15 is 0 Å². The molecule has 1 aromatic rings. The van der Waals surface area contributed by atoms with Gasteiger partial charge in [-0.25, -0.2) is 0 Å². The van der Waals surface area contributed by atoms with Crippen LogP contribution >= 0.6 is 0 Å². The summed E-state index contributed by atoms with van der Waals surface area (Å²) in [5.41, 5.74) is 1.59. The maximum absolute atomic E-state index is 12.8. The highest BCUT2D eigenvalue weighted by molar-refractivity contribution is 6.01. The Morgan fingerprint density at radius 3 is 2.74 bits per heavy atom. The maximum Gasteiger partial charge on any atom is 0.179 e. The highest BCUT2D eigenvalue weighted by Gasteiger charge is 2.23. The van der Waals surface area contributed by atoms with Crippen LogP contribution in [0.15, 0.2) is 43.5 Å². The molecule has 1 aliphatic rings.